The molecule has 0 N–H and O–H groups in total. The Morgan fingerprint density at radius 1 is 1.09 bits per heavy atom. The molecule has 0 radical (unpaired) electrons. The molecular formula is C18H18BrNO2. The van der Waals surface area contributed by atoms with Gasteiger partial charge in [-0.05, 0) is 42.4 Å². The number of nitrogens with zero attached hydrogens (tertiary/aromatic N) is 1. The zero-order chi connectivity index (χ0) is 15.4. The first kappa shape index (κ1) is 15.1. The molecule has 22 heavy (non-hydrogen) atoms. The number of ether oxygens (including phenoxy) is 2. The molecule has 0 spiro atoms. The molecule has 1 aliphatic heterocycles. The van der Waals surface area contributed by atoms with Crippen molar-refractivity contribution < 1.29 is 9.47 Å². The topological polar surface area (TPSA) is 21.7 Å². The predicted octanol–water partition coefficient (Wildman–Crippen LogP) is 4.32. The Balaban J connectivity index is 1.54. The van der Waals surface area contributed by atoms with Gasteiger partial charge in [0, 0.05) is 17.6 Å². The summed E-state index contributed by atoms with van der Waals surface area (Å²) >= 11 is 3.44. The van der Waals surface area contributed by atoms with E-state index in [1.54, 1.807) is 0 Å². The minimum Gasteiger partial charge on any atom is -0.454 e. The highest BCUT2D eigenvalue weighted by Crippen LogP contribution is 2.32. The lowest BCUT2D eigenvalue weighted by atomic mass is 10.2. The SMILES string of the molecule is CN(C/C=C/c1ccc(Br)cc1)Cc1ccc2c(c1)OCO2. The number of rotatable bonds is 5. The molecule has 4 heteroatoms. The average molecular weight is 360 g/mol. The second-order valence-electron chi connectivity index (χ2n) is 5.34. The van der Waals surface area contributed by atoms with Gasteiger partial charge in [-0.15, -0.1) is 0 Å². The van der Waals surface area contributed by atoms with E-state index in [-0.39, 0.29) is 0 Å². The molecule has 0 amide bonds. The van der Waals surface area contributed by atoms with Gasteiger partial charge in [0.05, 0.1) is 0 Å². The molecule has 2 aromatic carbocycles. The third-order valence-electron chi connectivity index (χ3n) is 3.49. The second kappa shape index (κ2) is 6.99. The average Bonchev–Trinajstić information content (AvgIpc) is 2.97. The molecule has 3 nitrogen and oxygen atoms in total. The Labute approximate surface area is 139 Å². The summed E-state index contributed by atoms with van der Waals surface area (Å²) in [4.78, 5) is 2.26. The number of hydrogen-bond acceptors (Lipinski definition) is 3. The van der Waals surface area contributed by atoms with Crippen LogP contribution >= 0.6 is 15.9 Å². The van der Waals surface area contributed by atoms with Gasteiger partial charge in [0.25, 0.3) is 0 Å². The smallest absolute Gasteiger partial charge is 0.231 e. The molecular weight excluding hydrogens is 342 g/mol. The van der Waals surface area contributed by atoms with Crippen LogP contribution in [0.3, 0.4) is 0 Å². The molecule has 0 fully saturated rings. The van der Waals surface area contributed by atoms with Crippen LogP contribution in [0.15, 0.2) is 53.0 Å². The fraction of sp³-hybridized carbons (Fsp3) is 0.222. The van der Waals surface area contributed by atoms with Crippen molar-refractivity contribution in [3.63, 3.8) is 0 Å². The van der Waals surface area contributed by atoms with Gasteiger partial charge in [-0.2, -0.15) is 0 Å². The van der Waals surface area contributed by atoms with Crippen molar-refractivity contribution in [2.45, 2.75) is 6.54 Å². The van der Waals surface area contributed by atoms with Crippen LogP contribution in [0.4, 0.5) is 0 Å². The zero-order valence-electron chi connectivity index (χ0n) is 12.5. The molecule has 1 heterocycles. The van der Waals surface area contributed by atoms with Gasteiger partial charge in [-0.25, -0.2) is 0 Å². The quantitative estimate of drug-likeness (QED) is 0.793. The Kier molecular flexibility index (Phi) is 4.80. The van der Waals surface area contributed by atoms with E-state index in [2.05, 4.69) is 76.4 Å². The highest BCUT2D eigenvalue weighted by atomic mass is 79.9. The van der Waals surface area contributed by atoms with Crippen molar-refractivity contribution in [1.29, 1.82) is 0 Å². The lowest BCUT2D eigenvalue weighted by Gasteiger charge is -2.14. The maximum absolute atomic E-state index is 5.41. The van der Waals surface area contributed by atoms with Crippen molar-refractivity contribution in [2.24, 2.45) is 0 Å². The summed E-state index contributed by atoms with van der Waals surface area (Å²) in [5.74, 6) is 1.68. The normalized spacial score (nSPS) is 13.2. The van der Waals surface area contributed by atoms with E-state index >= 15 is 0 Å². The first-order valence-electron chi connectivity index (χ1n) is 7.20. The molecule has 0 saturated carbocycles. The molecule has 0 unspecified atom stereocenters. The van der Waals surface area contributed by atoms with E-state index in [4.69, 9.17) is 9.47 Å². The van der Waals surface area contributed by atoms with E-state index in [1.165, 1.54) is 11.1 Å². The summed E-state index contributed by atoms with van der Waals surface area (Å²) in [6, 6.07) is 14.4. The standard InChI is InChI=1S/C18H18BrNO2/c1-20(10-2-3-14-4-7-16(19)8-5-14)12-15-6-9-17-18(11-15)22-13-21-17/h2-9,11H,10,12-13H2,1H3/b3-2+. The van der Waals surface area contributed by atoms with Crippen LogP contribution in [0.25, 0.3) is 6.08 Å². The largest absolute Gasteiger partial charge is 0.454 e. The Morgan fingerprint density at radius 2 is 1.86 bits per heavy atom. The van der Waals surface area contributed by atoms with E-state index in [0.717, 1.165) is 29.1 Å². The summed E-state index contributed by atoms with van der Waals surface area (Å²) in [6.07, 6.45) is 4.32. The Morgan fingerprint density at radius 3 is 2.68 bits per heavy atom. The van der Waals surface area contributed by atoms with Crippen LogP contribution < -0.4 is 9.47 Å². The number of hydrogen-bond donors (Lipinski definition) is 0. The lowest BCUT2D eigenvalue weighted by molar-refractivity contribution is 0.174. The summed E-state index contributed by atoms with van der Waals surface area (Å²) in [7, 11) is 2.11. The summed E-state index contributed by atoms with van der Waals surface area (Å²) < 4.78 is 11.8. The fourth-order valence-corrected chi connectivity index (χ4v) is 2.62. The monoisotopic (exact) mass is 359 g/mol. The minimum absolute atomic E-state index is 0.324. The number of fused-ring (bicyclic) bond motifs is 1. The van der Waals surface area contributed by atoms with Crippen molar-refractivity contribution in [3.8, 4) is 11.5 Å². The number of likely N-dealkylation sites (N-methyl/N-ethyl adjacent to an activating group) is 1. The molecule has 1 aliphatic rings. The van der Waals surface area contributed by atoms with Gasteiger partial charge < -0.3 is 9.47 Å². The molecule has 0 aliphatic carbocycles. The van der Waals surface area contributed by atoms with E-state index in [9.17, 15) is 0 Å². The Hall–Kier alpha value is -1.78. The molecule has 0 atom stereocenters. The van der Waals surface area contributed by atoms with Gasteiger partial charge in [-0.3, -0.25) is 4.90 Å². The van der Waals surface area contributed by atoms with Crippen LogP contribution in [0.2, 0.25) is 0 Å². The van der Waals surface area contributed by atoms with Gasteiger partial charge in [-0.1, -0.05) is 46.3 Å². The number of benzene rings is 2. The van der Waals surface area contributed by atoms with Gasteiger partial charge in [0.2, 0.25) is 6.79 Å². The first-order valence-corrected chi connectivity index (χ1v) is 7.99. The molecule has 2 aromatic rings. The van der Waals surface area contributed by atoms with E-state index < -0.39 is 0 Å². The van der Waals surface area contributed by atoms with Crippen LogP contribution in [0.1, 0.15) is 11.1 Å². The molecule has 3 rings (SSSR count). The van der Waals surface area contributed by atoms with Crippen LogP contribution in [-0.4, -0.2) is 25.3 Å². The summed E-state index contributed by atoms with van der Waals surface area (Å²) in [5, 5.41) is 0. The maximum Gasteiger partial charge on any atom is 0.231 e. The van der Waals surface area contributed by atoms with Crippen molar-refractivity contribution >= 4 is 22.0 Å². The van der Waals surface area contributed by atoms with E-state index in [1.807, 2.05) is 6.07 Å². The van der Waals surface area contributed by atoms with Crippen molar-refractivity contribution in [1.82, 2.24) is 4.90 Å². The highest BCUT2D eigenvalue weighted by molar-refractivity contribution is 9.10. The summed E-state index contributed by atoms with van der Waals surface area (Å²) in [6.45, 7) is 2.09. The molecule has 114 valence electrons. The first-order chi connectivity index (χ1) is 10.7. The van der Waals surface area contributed by atoms with Crippen molar-refractivity contribution in [3.05, 3.63) is 64.1 Å². The zero-order valence-corrected chi connectivity index (χ0v) is 14.0. The fourth-order valence-electron chi connectivity index (χ4n) is 2.36. The molecule has 0 bridgehead atoms. The highest BCUT2D eigenvalue weighted by Gasteiger charge is 2.13. The predicted molar refractivity (Wildman–Crippen MR) is 92.1 cm³/mol. The second-order valence-corrected chi connectivity index (χ2v) is 6.25. The lowest BCUT2D eigenvalue weighted by Crippen LogP contribution is -2.17. The van der Waals surface area contributed by atoms with Crippen LogP contribution in [0, 0.1) is 0 Å². The summed E-state index contributed by atoms with van der Waals surface area (Å²) in [5.41, 5.74) is 2.43. The minimum atomic E-state index is 0.324. The van der Waals surface area contributed by atoms with Crippen LogP contribution in [0.5, 0.6) is 11.5 Å². The number of halogens is 1. The van der Waals surface area contributed by atoms with Gasteiger partial charge >= 0.3 is 0 Å². The maximum atomic E-state index is 5.41. The van der Waals surface area contributed by atoms with E-state index in [0.29, 0.717) is 6.79 Å². The van der Waals surface area contributed by atoms with Crippen LogP contribution in [-0.2, 0) is 6.54 Å². The Bertz CT molecular complexity index is 667. The van der Waals surface area contributed by atoms with Crippen molar-refractivity contribution in [2.75, 3.05) is 20.4 Å². The van der Waals surface area contributed by atoms with Gasteiger partial charge in [0.1, 0.15) is 0 Å². The third kappa shape index (κ3) is 3.90. The van der Waals surface area contributed by atoms with Gasteiger partial charge in [0.15, 0.2) is 11.5 Å². The molecule has 0 aromatic heterocycles. The molecule has 0 saturated heterocycles. The third-order valence-corrected chi connectivity index (χ3v) is 4.02.